The molecule has 128 heavy (non-hydrogen) atoms. The molecule has 0 radical (unpaired) electrons. The van der Waals surface area contributed by atoms with Crippen LogP contribution in [0.5, 0.6) is 0 Å². The van der Waals surface area contributed by atoms with Crippen molar-refractivity contribution in [3.63, 3.8) is 0 Å². The van der Waals surface area contributed by atoms with Gasteiger partial charge in [0.15, 0.2) is 17.0 Å². The first-order chi connectivity index (χ1) is 63.5. The minimum atomic E-state index is 0.682. The molecule has 10 heteroatoms. The third-order valence-corrected chi connectivity index (χ3v) is 27.0. The van der Waals surface area contributed by atoms with E-state index in [4.69, 9.17) is 23.8 Å². The fourth-order valence-electron chi connectivity index (χ4n) is 21.5. The van der Waals surface area contributed by atoms with Crippen LogP contribution < -0.4 is 0 Å². The van der Waals surface area contributed by atoms with Crippen LogP contribution in [-0.2, 0) is 0 Å². The van der Waals surface area contributed by atoms with Gasteiger partial charge >= 0.3 is 0 Å². The second-order valence-corrected chi connectivity index (χ2v) is 33.8. The van der Waals surface area contributed by atoms with Crippen LogP contribution in [0.2, 0.25) is 0 Å². The number of rotatable bonds is 7. The van der Waals surface area contributed by atoms with Gasteiger partial charge in [0.2, 0.25) is 0 Å². The van der Waals surface area contributed by atoms with Crippen molar-refractivity contribution < 1.29 is 8.83 Å². The van der Waals surface area contributed by atoms with Crippen molar-refractivity contribution in [2.45, 2.75) is 0 Å². The van der Waals surface area contributed by atoms with E-state index in [1.807, 2.05) is 67.0 Å². The quantitative estimate of drug-likeness (QED) is 0.158. The van der Waals surface area contributed by atoms with E-state index >= 15 is 0 Å². The summed E-state index contributed by atoms with van der Waals surface area (Å²) in [4.78, 5) is 19.8. The second-order valence-electron chi connectivity index (χ2n) is 33.8. The van der Waals surface area contributed by atoms with Crippen molar-refractivity contribution in [3.05, 3.63) is 413 Å². The Morgan fingerprint density at radius 2 is 0.570 bits per heavy atom. The van der Waals surface area contributed by atoms with Crippen LogP contribution in [-0.4, -0.2) is 37.7 Å². The Balaban J connectivity index is 0.0000000992. The molecule has 30 rings (SSSR count). The molecule has 592 valence electrons. The number of hydrogen-bond donors (Lipinski definition) is 0. The summed E-state index contributed by atoms with van der Waals surface area (Å²) in [5.41, 5.74) is 33.2. The lowest BCUT2D eigenvalue weighted by molar-refractivity contribution is 0.667. The molecule has 18 aromatic carbocycles. The van der Waals surface area contributed by atoms with E-state index in [1.165, 1.54) is 169 Å². The zero-order valence-electron chi connectivity index (χ0n) is 68.7. The minimum absolute atomic E-state index is 0.682. The molecule has 0 fully saturated rings. The fourth-order valence-corrected chi connectivity index (χ4v) is 21.5. The van der Waals surface area contributed by atoms with Crippen LogP contribution in [0, 0.1) is 0 Å². The molecule has 0 unspecified atom stereocenters. The Kier molecular flexibility index (Phi) is 14.9. The summed E-state index contributed by atoms with van der Waals surface area (Å²) in [5.74, 6) is 0.682. The van der Waals surface area contributed by atoms with Gasteiger partial charge in [-0.2, -0.15) is 0 Å². The van der Waals surface area contributed by atoms with Gasteiger partial charge in [-0.05, 0) is 218 Å². The van der Waals surface area contributed by atoms with Gasteiger partial charge in [-0.3, -0.25) is 9.97 Å². The Labute approximate surface area is 729 Å². The number of fused-ring (bicyclic) bond motifs is 29. The molecular weight excluding hydrogens is 1560 g/mol. The molecular formula is C118H68N8O2. The first-order valence-corrected chi connectivity index (χ1v) is 43.5. The molecule has 0 saturated carbocycles. The summed E-state index contributed by atoms with van der Waals surface area (Å²) >= 11 is 0. The Morgan fingerprint density at radius 3 is 1.08 bits per heavy atom. The maximum absolute atomic E-state index is 6.38. The fraction of sp³-hybridized carbons (Fsp3) is 0. The van der Waals surface area contributed by atoms with Crippen molar-refractivity contribution in [1.82, 2.24) is 37.7 Å². The van der Waals surface area contributed by atoms with Crippen molar-refractivity contribution in [2.75, 3.05) is 0 Å². The molecule has 0 spiro atoms. The van der Waals surface area contributed by atoms with Crippen LogP contribution in [0.4, 0.5) is 0 Å². The van der Waals surface area contributed by atoms with E-state index in [1.54, 1.807) is 0 Å². The summed E-state index contributed by atoms with van der Waals surface area (Å²) in [6.45, 7) is 0. The second kappa shape index (κ2) is 27.1. The molecule has 0 bridgehead atoms. The van der Waals surface area contributed by atoms with E-state index in [2.05, 4.69) is 369 Å². The highest BCUT2D eigenvalue weighted by Crippen LogP contribution is 2.50. The van der Waals surface area contributed by atoms with Crippen molar-refractivity contribution >= 4 is 202 Å². The number of hydrogen-bond acceptors (Lipinski definition) is 6. The molecule has 0 aliphatic rings. The average molecular weight is 1630 g/mol. The van der Waals surface area contributed by atoms with Crippen LogP contribution in [0.3, 0.4) is 0 Å². The third-order valence-electron chi connectivity index (χ3n) is 27.0. The summed E-state index contributed by atoms with van der Waals surface area (Å²) in [7, 11) is 0. The monoisotopic (exact) mass is 1630 g/mol. The van der Waals surface area contributed by atoms with Gasteiger partial charge in [-0.15, -0.1) is 0 Å². The van der Waals surface area contributed by atoms with Gasteiger partial charge < -0.3 is 26.6 Å². The Bertz CT molecular complexity index is 9620. The van der Waals surface area contributed by atoms with Crippen LogP contribution >= 0.6 is 0 Å². The van der Waals surface area contributed by atoms with Gasteiger partial charge in [0.05, 0.1) is 66.2 Å². The molecule has 12 heterocycles. The highest BCUT2D eigenvalue weighted by atomic mass is 16.3. The van der Waals surface area contributed by atoms with Crippen LogP contribution in [0.1, 0.15) is 0 Å². The Hall–Kier alpha value is -17.3. The van der Waals surface area contributed by atoms with Gasteiger partial charge in [-0.25, -0.2) is 9.97 Å². The first kappa shape index (κ1) is 70.2. The van der Waals surface area contributed by atoms with Crippen molar-refractivity contribution in [3.8, 4) is 72.8 Å². The van der Waals surface area contributed by atoms with E-state index < -0.39 is 0 Å². The number of benzene rings is 18. The van der Waals surface area contributed by atoms with E-state index in [0.29, 0.717) is 11.4 Å². The lowest BCUT2D eigenvalue weighted by Crippen LogP contribution is -1.95. The zero-order chi connectivity index (χ0) is 83.5. The summed E-state index contributed by atoms with van der Waals surface area (Å²) in [5, 5.41) is 23.4. The lowest BCUT2D eigenvalue weighted by Gasteiger charge is -2.13. The SMILES string of the molecule is c1ccc(-c2nc(-c3ccc(-c4cc5c6ccccc6n6c7ccccc7c(c4)c56)c4ccccc34)nc3c2oc2ccccc23)cc1.c1ccc(-n2c3ccc(-c4ccc(-c5cc6c7ccccc7n7c8ccccc8c(c5)c67)c5ccccc45)cc3c3ncccc32)cc1.c1cnc2c(c1)oc1cc(-c3cc4c5ccccc5n5c6ccccc6c(c3)c45)ccc12. The molecule has 0 aliphatic heterocycles. The van der Waals surface area contributed by atoms with E-state index in [0.717, 1.165) is 93.9 Å². The average Bonchev–Trinajstić information content (AvgIpc) is 1.55. The van der Waals surface area contributed by atoms with E-state index in [-0.39, 0.29) is 0 Å². The van der Waals surface area contributed by atoms with Gasteiger partial charge in [-0.1, -0.05) is 249 Å². The van der Waals surface area contributed by atoms with Gasteiger partial charge in [0.25, 0.3) is 0 Å². The molecule has 0 saturated heterocycles. The molecule has 0 amide bonds. The van der Waals surface area contributed by atoms with Crippen LogP contribution in [0.25, 0.3) is 275 Å². The molecule has 0 atom stereocenters. The van der Waals surface area contributed by atoms with Gasteiger partial charge in [0.1, 0.15) is 27.9 Å². The number of aromatic nitrogens is 8. The lowest BCUT2D eigenvalue weighted by atomic mass is 9.90. The topological polar surface area (TPSA) is 96.0 Å². The third kappa shape index (κ3) is 10.2. The zero-order valence-corrected chi connectivity index (χ0v) is 68.7. The molecule has 10 nitrogen and oxygen atoms in total. The van der Waals surface area contributed by atoms with Crippen molar-refractivity contribution in [1.29, 1.82) is 0 Å². The minimum Gasteiger partial charge on any atom is -0.454 e. The maximum atomic E-state index is 6.38. The number of nitrogens with zero attached hydrogens (tertiary/aromatic N) is 8. The highest BCUT2D eigenvalue weighted by molar-refractivity contribution is 6.29. The molecule has 30 aromatic rings. The molecule has 0 aliphatic carbocycles. The molecule has 0 N–H and O–H groups in total. The Morgan fingerprint density at radius 1 is 0.195 bits per heavy atom. The van der Waals surface area contributed by atoms with E-state index in [9.17, 15) is 0 Å². The maximum Gasteiger partial charge on any atom is 0.180 e. The summed E-state index contributed by atoms with van der Waals surface area (Å²) < 4.78 is 22.1. The first-order valence-electron chi connectivity index (χ1n) is 43.5. The smallest absolute Gasteiger partial charge is 0.180 e. The summed E-state index contributed by atoms with van der Waals surface area (Å²) in [6, 6.07) is 144. The van der Waals surface area contributed by atoms with Crippen LogP contribution in [0.15, 0.2) is 422 Å². The predicted octanol–water partition coefficient (Wildman–Crippen LogP) is 31.3. The summed E-state index contributed by atoms with van der Waals surface area (Å²) in [6.07, 6.45) is 3.71. The normalized spacial score (nSPS) is 12.2. The number of pyridine rings is 2. The number of furan rings is 2. The predicted molar refractivity (Wildman–Crippen MR) is 531 cm³/mol. The highest BCUT2D eigenvalue weighted by Gasteiger charge is 2.27. The number of para-hydroxylation sites is 8. The molecule has 12 aromatic heterocycles. The van der Waals surface area contributed by atoms with Gasteiger partial charge in [0, 0.05) is 110 Å². The largest absolute Gasteiger partial charge is 0.454 e. The van der Waals surface area contributed by atoms with Crippen molar-refractivity contribution in [2.24, 2.45) is 0 Å². The standard InChI is InChI=1S/C45H27N3.C44H25N3O.C29H16N2O/c1-2-11-30(12-3-1)47-42-23-20-28(25-39(42)44-43(47)19-10-24-46-44)31-21-22-32(34-14-5-4-13-33(31)34)29-26-37-35-15-6-8-17-40(35)48-41-18-9-7-16-36(41)38(27-29)45(37)48;1-2-12-26(13-3-1)40-43-41(34-18-8-11-21-39(34)48-43)46-44(45-40)33-23-22-28(29-14-4-5-15-30(29)33)27-24-35-31-16-6-9-19-37(31)47-38-20-10-7-17-32(38)36(25-27)42(35)47;1-3-8-24-19(6-1)22-14-18(15-23-20-7-2-4-9-25(20)31(24)29(22)23)17-11-12-21-27(16-17)32-26-10-5-13-30-28(21)26/h1-27H;1-25H;1-16H.